The number of nitro groups is 1. The van der Waals surface area contributed by atoms with Crippen molar-refractivity contribution in [1.82, 2.24) is 25.2 Å². The maximum Gasteiger partial charge on any atom is 0.272 e. The SMILES string of the molecule is CC(=O)Nc1c(-c2noc(-c3ccc([N+](=O)[O-])cc3)n2)nn(-c2cccc(C)c2)c1C(=O)NCc1ccccc1. The fourth-order valence-corrected chi connectivity index (χ4v) is 4.05. The van der Waals surface area contributed by atoms with Crippen LogP contribution in [0.15, 0.2) is 83.4 Å². The Kier molecular flexibility index (Phi) is 7.14. The van der Waals surface area contributed by atoms with Crippen LogP contribution in [0.2, 0.25) is 0 Å². The number of hydrogen-bond donors (Lipinski definition) is 2. The van der Waals surface area contributed by atoms with Gasteiger partial charge in [-0.15, -0.1) is 0 Å². The monoisotopic (exact) mass is 537 g/mol. The quantitative estimate of drug-likeness (QED) is 0.213. The van der Waals surface area contributed by atoms with Crippen molar-refractivity contribution in [1.29, 1.82) is 0 Å². The highest BCUT2D eigenvalue weighted by Gasteiger charge is 2.29. The number of carbonyl (C=O) groups excluding carboxylic acids is 2. The lowest BCUT2D eigenvalue weighted by Crippen LogP contribution is -2.27. The van der Waals surface area contributed by atoms with Gasteiger partial charge >= 0.3 is 0 Å². The second kappa shape index (κ2) is 11.0. The normalized spacial score (nSPS) is 10.8. The number of aryl methyl sites for hydroxylation is 1. The van der Waals surface area contributed by atoms with Crippen LogP contribution in [0.5, 0.6) is 0 Å². The number of nitro benzene ring substituents is 1. The van der Waals surface area contributed by atoms with Crippen molar-refractivity contribution >= 4 is 23.2 Å². The minimum atomic E-state index is -0.509. The van der Waals surface area contributed by atoms with E-state index < -0.39 is 16.7 Å². The van der Waals surface area contributed by atoms with E-state index in [9.17, 15) is 19.7 Å². The Labute approximate surface area is 227 Å². The second-order valence-electron chi connectivity index (χ2n) is 8.90. The first-order valence-electron chi connectivity index (χ1n) is 12.2. The molecule has 0 aliphatic rings. The molecule has 40 heavy (non-hydrogen) atoms. The van der Waals surface area contributed by atoms with Crippen molar-refractivity contribution in [2.75, 3.05) is 5.32 Å². The third-order valence-electron chi connectivity index (χ3n) is 5.91. The summed E-state index contributed by atoms with van der Waals surface area (Å²) < 4.78 is 6.84. The van der Waals surface area contributed by atoms with Gasteiger partial charge in [0.2, 0.25) is 11.7 Å². The number of rotatable bonds is 8. The molecule has 5 aromatic rings. The Morgan fingerprint density at radius 2 is 1.77 bits per heavy atom. The van der Waals surface area contributed by atoms with Crippen molar-refractivity contribution in [2.45, 2.75) is 20.4 Å². The van der Waals surface area contributed by atoms with Gasteiger partial charge in [-0.1, -0.05) is 47.6 Å². The van der Waals surface area contributed by atoms with Crippen LogP contribution in [0.1, 0.15) is 28.5 Å². The van der Waals surface area contributed by atoms with Gasteiger partial charge in [-0.2, -0.15) is 10.1 Å². The number of hydrogen-bond acceptors (Lipinski definition) is 8. The largest absolute Gasteiger partial charge is 0.347 e. The summed E-state index contributed by atoms with van der Waals surface area (Å²) in [7, 11) is 0. The van der Waals surface area contributed by atoms with Crippen LogP contribution in [0.25, 0.3) is 28.7 Å². The predicted octanol–water partition coefficient (Wildman–Crippen LogP) is 4.69. The summed E-state index contributed by atoms with van der Waals surface area (Å²) in [5, 5.41) is 25.3. The third kappa shape index (κ3) is 5.45. The molecule has 0 fully saturated rings. The molecule has 200 valence electrons. The minimum Gasteiger partial charge on any atom is -0.347 e. The maximum atomic E-state index is 13.6. The fraction of sp³-hybridized carbons (Fsp3) is 0.107. The molecule has 3 aromatic carbocycles. The number of aromatic nitrogens is 4. The van der Waals surface area contributed by atoms with Gasteiger partial charge in [0.25, 0.3) is 17.5 Å². The Hall–Kier alpha value is -5.65. The molecule has 12 heteroatoms. The zero-order chi connectivity index (χ0) is 28.2. The number of nitrogens with one attached hydrogen (secondary N) is 2. The average Bonchev–Trinajstić information content (AvgIpc) is 3.57. The molecule has 0 saturated heterocycles. The molecule has 0 unspecified atom stereocenters. The summed E-state index contributed by atoms with van der Waals surface area (Å²) in [4.78, 5) is 40.8. The van der Waals surface area contributed by atoms with Gasteiger partial charge < -0.3 is 15.2 Å². The molecule has 0 spiro atoms. The van der Waals surface area contributed by atoms with Crippen molar-refractivity contribution in [2.24, 2.45) is 0 Å². The Bertz CT molecular complexity index is 1710. The van der Waals surface area contributed by atoms with Crippen LogP contribution in [0, 0.1) is 17.0 Å². The van der Waals surface area contributed by atoms with E-state index in [0.717, 1.165) is 11.1 Å². The molecule has 0 saturated carbocycles. The lowest BCUT2D eigenvalue weighted by atomic mass is 10.2. The van der Waals surface area contributed by atoms with Crippen LogP contribution in [-0.2, 0) is 11.3 Å². The van der Waals surface area contributed by atoms with E-state index in [2.05, 4.69) is 25.9 Å². The Morgan fingerprint density at radius 1 is 1.02 bits per heavy atom. The summed E-state index contributed by atoms with van der Waals surface area (Å²) in [6.07, 6.45) is 0. The van der Waals surface area contributed by atoms with Crippen LogP contribution >= 0.6 is 0 Å². The molecule has 0 atom stereocenters. The highest BCUT2D eigenvalue weighted by molar-refractivity contribution is 6.06. The zero-order valence-corrected chi connectivity index (χ0v) is 21.5. The van der Waals surface area contributed by atoms with Gasteiger partial charge in [-0.3, -0.25) is 19.7 Å². The molecule has 0 aliphatic carbocycles. The van der Waals surface area contributed by atoms with Crippen LogP contribution in [0.4, 0.5) is 11.4 Å². The van der Waals surface area contributed by atoms with Crippen molar-refractivity contribution < 1.29 is 19.0 Å². The van der Waals surface area contributed by atoms with E-state index >= 15 is 0 Å². The number of benzene rings is 3. The maximum absolute atomic E-state index is 13.6. The molecule has 2 N–H and O–H groups in total. The topological polar surface area (TPSA) is 158 Å². The molecule has 2 heterocycles. The first-order valence-corrected chi connectivity index (χ1v) is 12.2. The van der Waals surface area contributed by atoms with Crippen molar-refractivity contribution in [3.8, 4) is 28.7 Å². The Balaban J connectivity index is 1.60. The van der Waals surface area contributed by atoms with E-state index in [0.29, 0.717) is 11.3 Å². The molecule has 0 radical (unpaired) electrons. The average molecular weight is 538 g/mol. The number of non-ortho nitro benzene ring substituents is 1. The standard InChI is InChI=1S/C28H23N7O5/c1-17-7-6-10-22(15-17)34-25(27(37)29-16-19-8-4-3-5-9-19)23(30-18(2)36)24(32-34)26-31-28(40-33-26)20-11-13-21(14-12-20)35(38)39/h3-15H,16H2,1-2H3,(H,29,37)(H,30,36). The van der Waals surface area contributed by atoms with Gasteiger partial charge in [-0.05, 0) is 42.3 Å². The van der Waals surface area contributed by atoms with Crippen molar-refractivity contribution in [3.63, 3.8) is 0 Å². The molecule has 12 nitrogen and oxygen atoms in total. The van der Waals surface area contributed by atoms with Crippen LogP contribution in [-0.4, -0.2) is 36.7 Å². The summed E-state index contributed by atoms with van der Waals surface area (Å²) in [5.41, 5.74) is 3.07. The number of anilines is 1. The van der Waals surface area contributed by atoms with Gasteiger partial charge in [0.15, 0.2) is 11.4 Å². The van der Waals surface area contributed by atoms with E-state index in [1.165, 1.54) is 35.9 Å². The van der Waals surface area contributed by atoms with Crippen molar-refractivity contribution in [3.05, 3.63) is 106 Å². The molecule has 2 amide bonds. The first-order chi connectivity index (χ1) is 19.3. The second-order valence-corrected chi connectivity index (χ2v) is 8.90. The summed E-state index contributed by atoms with van der Waals surface area (Å²) in [6.45, 7) is 3.48. The predicted molar refractivity (Wildman–Crippen MR) is 146 cm³/mol. The highest BCUT2D eigenvalue weighted by atomic mass is 16.6. The smallest absolute Gasteiger partial charge is 0.272 e. The van der Waals surface area contributed by atoms with Gasteiger partial charge in [0.05, 0.1) is 10.6 Å². The summed E-state index contributed by atoms with van der Waals surface area (Å²) in [6, 6.07) is 22.4. The minimum absolute atomic E-state index is 0.0145. The number of nitrogens with zero attached hydrogens (tertiary/aromatic N) is 5. The molecule has 0 aliphatic heterocycles. The van der Waals surface area contributed by atoms with Gasteiger partial charge in [-0.25, -0.2) is 4.68 Å². The molecular formula is C28H23N7O5. The third-order valence-corrected chi connectivity index (χ3v) is 5.91. The van der Waals surface area contributed by atoms with Gasteiger partial charge in [0.1, 0.15) is 5.69 Å². The molecular weight excluding hydrogens is 514 g/mol. The lowest BCUT2D eigenvalue weighted by Gasteiger charge is -2.11. The van der Waals surface area contributed by atoms with E-state index in [-0.39, 0.29) is 41.0 Å². The van der Waals surface area contributed by atoms with E-state index in [4.69, 9.17) is 4.52 Å². The Morgan fingerprint density at radius 3 is 2.45 bits per heavy atom. The van der Waals surface area contributed by atoms with E-state index in [1.54, 1.807) is 6.07 Å². The molecule has 0 bridgehead atoms. The molecule has 2 aromatic heterocycles. The first kappa shape index (κ1) is 26.0. The van der Waals surface area contributed by atoms with E-state index in [1.807, 2.05) is 55.5 Å². The zero-order valence-electron chi connectivity index (χ0n) is 21.5. The fourth-order valence-electron chi connectivity index (χ4n) is 4.05. The highest BCUT2D eigenvalue weighted by Crippen LogP contribution is 2.33. The van der Waals surface area contributed by atoms with Crippen LogP contribution < -0.4 is 10.6 Å². The summed E-state index contributed by atoms with van der Waals surface area (Å²) >= 11 is 0. The van der Waals surface area contributed by atoms with Crippen LogP contribution in [0.3, 0.4) is 0 Å². The summed E-state index contributed by atoms with van der Waals surface area (Å²) in [5.74, 6) is -0.812. The lowest BCUT2D eigenvalue weighted by molar-refractivity contribution is -0.384. The van der Waals surface area contributed by atoms with Gasteiger partial charge in [0, 0.05) is 31.2 Å². The number of carbonyl (C=O) groups is 2. The molecule has 5 rings (SSSR count). The number of amides is 2.